The van der Waals surface area contributed by atoms with E-state index in [2.05, 4.69) is 20.4 Å². The standard InChI is InChI=1S/C33H28ClN5O10/c1-38-5-7-39(8-6-38)12-18(41)37-35-11-13-9-15-19(32(48)36-13)29(45)24-14(25(15)34)3-4-33(24)30(46)22-23(31(33)47)28(44)21-20(27(22)43)16(40)10-17(49-2)26(21)42/h9-11,43-45H,3-8,12H2,1-2H3,(H,36,48)(H,37,41)/b35-11+/t33-/m0/s1. The number of halogens is 1. The first-order valence-electron chi connectivity index (χ1n) is 15.2. The zero-order valence-corrected chi connectivity index (χ0v) is 26.9. The van der Waals surface area contributed by atoms with E-state index in [0.29, 0.717) is 0 Å². The van der Waals surface area contributed by atoms with Gasteiger partial charge in [0.25, 0.3) is 11.5 Å². The van der Waals surface area contributed by atoms with Gasteiger partial charge in [0.15, 0.2) is 23.1 Å². The number of Topliss-reactive ketones (excluding diaryl/α,β-unsaturated/α-hetero) is 3. The van der Waals surface area contributed by atoms with Gasteiger partial charge in [-0.05, 0) is 31.5 Å². The first-order chi connectivity index (χ1) is 23.3. The summed E-state index contributed by atoms with van der Waals surface area (Å²) in [6, 6.07) is 1.41. The number of fused-ring (bicyclic) bond motifs is 5. The van der Waals surface area contributed by atoms with E-state index in [-0.39, 0.29) is 57.9 Å². The Hall–Kier alpha value is -5.38. The van der Waals surface area contributed by atoms with Gasteiger partial charge in [-0.3, -0.25) is 33.7 Å². The summed E-state index contributed by atoms with van der Waals surface area (Å²) < 4.78 is 4.92. The largest absolute Gasteiger partial charge is 0.507 e. The van der Waals surface area contributed by atoms with Gasteiger partial charge in [-0.1, -0.05) is 11.6 Å². The number of allylic oxidation sites excluding steroid dienone is 2. The number of carbonyl (C=O) groups is 5. The highest BCUT2D eigenvalue weighted by molar-refractivity contribution is 6.41. The SMILES string of the molecule is COC1=CC(=O)c2c(O)c3c(c(O)c2C1=O)C(=O)[C@]1(CCc2c1c(O)c1c(=O)[nH]c(/C=N/NC(=O)CN4CCN(C)CC4)cc1c2Cl)C3=O. The molecule has 0 saturated carbocycles. The fourth-order valence-electron chi connectivity index (χ4n) is 7.29. The maximum atomic E-state index is 14.2. The molecule has 1 amide bonds. The monoisotopic (exact) mass is 689 g/mol. The number of carbonyl (C=O) groups excluding carboxylic acids is 5. The normalized spacial score (nSPS) is 20.7. The van der Waals surface area contributed by atoms with Crippen molar-refractivity contribution < 1.29 is 44.0 Å². The van der Waals surface area contributed by atoms with Crippen molar-refractivity contribution in [3.05, 3.63) is 72.4 Å². The number of phenols is 3. The van der Waals surface area contributed by atoms with E-state index in [1.54, 1.807) is 0 Å². The van der Waals surface area contributed by atoms with Gasteiger partial charge >= 0.3 is 0 Å². The van der Waals surface area contributed by atoms with Crippen LogP contribution in [0.5, 0.6) is 17.2 Å². The molecule has 0 bridgehead atoms. The predicted molar refractivity (Wildman–Crippen MR) is 173 cm³/mol. The number of hydrogen-bond donors (Lipinski definition) is 5. The van der Waals surface area contributed by atoms with E-state index in [4.69, 9.17) is 16.3 Å². The van der Waals surface area contributed by atoms with E-state index in [1.165, 1.54) is 12.3 Å². The van der Waals surface area contributed by atoms with Crippen LogP contribution in [0.3, 0.4) is 0 Å². The maximum Gasteiger partial charge on any atom is 0.260 e. The fraction of sp³-hybridized carbons (Fsp3) is 0.303. The summed E-state index contributed by atoms with van der Waals surface area (Å²) >= 11 is 6.79. The number of ketones is 4. The van der Waals surface area contributed by atoms with Crippen molar-refractivity contribution in [2.75, 3.05) is 46.9 Å². The molecule has 0 unspecified atom stereocenters. The lowest BCUT2D eigenvalue weighted by Crippen LogP contribution is -2.47. The number of pyridine rings is 1. The van der Waals surface area contributed by atoms with E-state index in [9.17, 15) is 44.1 Å². The number of phenolic OH excluding ortho intramolecular Hbond substituents is 3. The number of hydrazone groups is 1. The third kappa shape index (κ3) is 4.53. The van der Waals surface area contributed by atoms with Crippen LogP contribution in [0.15, 0.2) is 27.8 Å². The van der Waals surface area contributed by atoms with Crippen LogP contribution in [0, 0.1) is 0 Å². The number of likely N-dealkylation sites (N-methyl/N-ethyl adjacent to an activating group) is 1. The summed E-state index contributed by atoms with van der Waals surface area (Å²) in [4.78, 5) is 86.7. The number of aromatic nitrogens is 1. The van der Waals surface area contributed by atoms with Crippen molar-refractivity contribution in [3.8, 4) is 17.2 Å². The molecule has 1 fully saturated rings. The van der Waals surface area contributed by atoms with E-state index in [0.717, 1.165) is 39.4 Å². The number of ether oxygens (including phenoxy) is 1. The molecular weight excluding hydrogens is 662 g/mol. The first kappa shape index (κ1) is 32.2. The zero-order valence-electron chi connectivity index (χ0n) is 26.1. The Kier molecular flexibility index (Phi) is 7.46. The Bertz CT molecular complexity index is 2220. The molecule has 7 rings (SSSR count). The topological polar surface area (TPSA) is 219 Å². The molecular formula is C33H28ClN5O10. The fourth-order valence-corrected chi connectivity index (χ4v) is 7.63. The number of amides is 1. The van der Waals surface area contributed by atoms with Crippen LogP contribution in [0.1, 0.15) is 64.7 Å². The molecule has 2 aromatic carbocycles. The van der Waals surface area contributed by atoms with E-state index in [1.807, 2.05) is 11.9 Å². The number of nitrogens with one attached hydrogen (secondary N) is 2. The Balaban J connectivity index is 1.27. The first-order valence-corrected chi connectivity index (χ1v) is 15.6. The van der Waals surface area contributed by atoms with E-state index < -0.39 is 79.4 Å². The molecule has 1 aliphatic heterocycles. The summed E-state index contributed by atoms with van der Waals surface area (Å²) in [5.41, 5.74) is -3.37. The summed E-state index contributed by atoms with van der Waals surface area (Å²) in [6.07, 6.45) is 1.70. The maximum absolute atomic E-state index is 14.2. The highest BCUT2D eigenvalue weighted by Gasteiger charge is 2.62. The molecule has 5 N–H and O–H groups in total. The number of hydrogen-bond acceptors (Lipinski definition) is 13. The van der Waals surface area contributed by atoms with Gasteiger partial charge in [-0.15, -0.1) is 0 Å². The van der Waals surface area contributed by atoms with Gasteiger partial charge in [-0.2, -0.15) is 5.10 Å². The summed E-state index contributed by atoms with van der Waals surface area (Å²) in [7, 11) is 3.12. The van der Waals surface area contributed by atoms with Crippen LogP contribution in [-0.2, 0) is 21.4 Å². The van der Waals surface area contributed by atoms with Crippen molar-refractivity contribution >= 4 is 57.6 Å². The van der Waals surface area contributed by atoms with Crippen LogP contribution in [-0.4, -0.2) is 112 Å². The molecule has 3 aliphatic carbocycles. The van der Waals surface area contributed by atoms with Gasteiger partial charge in [0.1, 0.15) is 22.7 Å². The summed E-state index contributed by atoms with van der Waals surface area (Å²) in [6.45, 7) is 3.29. The second-order valence-electron chi connectivity index (χ2n) is 12.4. The number of aromatic amines is 1. The minimum Gasteiger partial charge on any atom is -0.507 e. The average molecular weight is 690 g/mol. The van der Waals surface area contributed by atoms with Gasteiger partial charge in [0.05, 0.1) is 58.2 Å². The second-order valence-corrected chi connectivity index (χ2v) is 12.8. The molecule has 16 heteroatoms. The number of piperazine rings is 1. The van der Waals surface area contributed by atoms with Gasteiger partial charge in [0.2, 0.25) is 5.78 Å². The Morgan fingerprint density at radius 2 is 1.67 bits per heavy atom. The third-order valence-corrected chi connectivity index (χ3v) is 10.2. The Labute approximate surface area is 281 Å². The van der Waals surface area contributed by atoms with Crippen LogP contribution in [0.25, 0.3) is 10.8 Å². The van der Waals surface area contributed by atoms with Gasteiger partial charge < -0.3 is 29.9 Å². The van der Waals surface area contributed by atoms with Crippen LogP contribution in [0.2, 0.25) is 5.02 Å². The van der Waals surface area contributed by atoms with Gasteiger partial charge in [-0.25, -0.2) is 5.43 Å². The molecule has 1 atom stereocenters. The number of H-pyrrole nitrogens is 1. The van der Waals surface area contributed by atoms with Crippen LogP contribution in [0.4, 0.5) is 0 Å². The third-order valence-electron chi connectivity index (χ3n) is 9.72. The molecule has 1 saturated heterocycles. The predicted octanol–water partition coefficient (Wildman–Crippen LogP) is 1.17. The van der Waals surface area contributed by atoms with Crippen LogP contribution < -0.4 is 11.0 Å². The number of benzene rings is 2. The number of methoxy groups -OCH3 is 1. The molecule has 3 aromatic rings. The van der Waals surface area contributed by atoms with Crippen molar-refractivity contribution in [2.45, 2.75) is 18.3 Å². The summed E-state index contributed by atoms with van der Waals surface area (Å²) in [5, 5.41) is 37.6. The minimum atomic E-state index is -2.23. The molecule has 252 valence electrons. The second kappa shape index (κ2) is 11.4. The number of nitrogens with zero attached hydrogens (tertiary/aromatic N) is 3. The Morgan fingerprint density at radius 3 is 2.33 bits per heavy atom. The van der Waals surface area contributed by atoms with Crippen molar-refractivity contribution in [1.82, 2.24) is 20.2 Å². The molecule has 1 aromatic heterocycles. The molecule has 4 aliphatic rings. The van der Waals surface area contributed by atoms with Crippen molar-refractivity contribution in [2.24, 2.45) is 5.10 Å². The highest BCUT2D eigenvalue weighted by Crippen LogP contribution is 2.58. The smallest absolute Gasteiger partial charge is 0.260 e. The lowest BCUT2D eigenvalue weighted by atomic mass is 9.76. The van der Waals surface area contributed by atoms with Crippen LogP contribution >= 0.6 is 11.6 Å². The van der Waals surface area contributed by atoms with Gasteiger partial charge in [0, 0.05) is 43.2 Å². The lowest BCUT2D eigenvalue weighted by Gasteiger charge is -2.31. The molecule has 49 heavy (non-hydrogen) atoms. The number of rotatable bonds is 5. The molecule has 0 radical (unpaired) electrons. The van der Waals surface area contributed by atoms with Crippen molar-refractivity contribution in [3.63, 3.8) is 0 Å². The quantitative estimate of drug-likeness (QED) is 0.110. The highest BCUT2D eigenvalue weighted by atomic mass is 35.5. The molecule has 1 spiro atoms. The molecule has 15 nitrogen and oxygen atoms in total. The molecule has 2 heterocycles. The average Bonchev–Trinajstić information content (AvgIpc) is 3.57. The lowest BCUT2D eigenvalue weighted by molar-refractivity contribution is -0.122. The zero-order chi connectivity index (χ0) is 35.1. The Morgan fingerprint density at radius 1 is 1.02 bits per heavy atom. The van der Waals surface area contributed by atoms with Crippen molar-refractivity contribution in [1.29, 1.82) is 0 Å². The number of aromatic hydroxyl groups is 3. The minimum absolute atomic E-state index is 0.0316. The summed E-state index contributed by atoms with van der Waals surface area (Å²) in [5.74, 6) is -7.49. The van der Waals surface area contributed by atoms with E-state index >= 15 is 0 Å².